The van der Waals surface area contributed by atoms with Crippen LogP contribution >= 0.6 is 0 Å². The highest BCUT2D eigenvalue weighted by Crippen LogP contribution is 2.35. The summed E-state index contributed by atoms with van der Waals surface area (Å²) in [7, 11) is 0. The number of alkyl halides is 3. The summed E-state index contributed by atoms with van der Waals surface area (Å²) < 4.78 is 44.2. The van der Waals surface area contributed by atoms with Crippen molar-refractivity contribution in [1.82, 2.24) is 4.90 Å². The van der Waals surface area contributed by atoms with Crippen LogP contribution in [0.4, 0.5) is 13.2 Å². The van der Waals surface area contributed by atoms with E-state index in [4.69, 9.17) is 10.2 Å². The van der Waals surface area contributed by atoms with Gasteiger partial charge in [-0.25, -0.2) is 0 Å². The van der Waals surface area contributed by atoms with Crippen molar-refractivity contribution in [2.45, 2.75) is 25.7 Å². The van der Waals surface area contributed by atoms with Gasteiger partial charge in [0, 0.05) is 13.1 Å². The number of amides is 1. The van der Waals surface area contributed by atoms with Crippen LogP contribution in [0.25, 0.3) is 0 Å². The minimum atomic E-state index is -4.38. The number of hydrogen-bond donors (Lipinski definition) is 1. The summed E-state index contributed by atoms with van der Waals surface area (Å²) in [5.74, 6) is 0.224. The van der Waals surface area contributed by atoms with Crippen molar-refractivity contribution in [3.05, 3.63) is 58.5 Å². The Hall–Kier alpha value is -2.28. The van der Waals surface area contributed by atoms with Crippen LogP contribution in [0.1, 0.15) is 32.8 Å². The molecule has 0 spiro atoms. The van der Waals surface area contributed by atoms with Crippen molar-refractivity contribution in [3.63, 3.8) is 0 Å². The molecule has 1 amide bonds. The molecule has 0 bridgehead atoms. The zero-order chi connectivity index (χ0) is 16.6. The Morgan fingerprint density at radius 1 is 1.35 bits per heavy atom. The quantitative estimate of drug-likeness (QED) is 0.924. The molecule has 0 radical (unpaired) electrons. The summed E-state index contributed by atoms with van der Waals surface area (Å²) in [5.41, 5.74) is 5.99. The van der Waals surface area contributed by atoms with Gasteiger partial charge in [0.15, 0.2) is 0 Å². The average Bonchev–Trinajstić information content (AvgIpc) is 3.01. The van der Waals surface area contributed by atoms with Crippen LogP contribution in [0.2, 0.25) is 0 Å². The fraction of sp³-hybridized carbons (Fsp3) is 0.312. The first-order chi connectivity index (χ1) is 10.9. The third-order valence-corrected chi connectivity index (χ3v) is 3.96. The van der Waals surface area contributed by atoms with E-state index in [0.29, 0.717) is 16.9 Å². The van der Waals surface area contributed by atoms with E-state index in [2.05, 4.69) is 0 Å². The number of nitrogens with zero attached hydrogens (tertiary/aromatic N) is 1. The van der Waals surface area contributed by atoms with E-state index in [-0.39, 0.29) is 37.5 Å². The normalized spacial score (nSPS) is 14.7. The molecule has 3 rings (SSSR count). The minimum Gasteiger partial charge on any atom is -0.467 e. The van der Waals surface area contributed by atoms with Crippen LogP contribution in [-0.2, 0) is 25.7 Å². The molecule has 1 aromatic heterocycles. The second-order valence-corrected chi connectivity index (χ2v) is 5.42. The second-order valence-electron chi connectivity index (χ2n) is 5.42. The third kappa shape index (κ3) is 2.96. The Balaban J connectivity index is 1.84. The van der Waals surface area contributed by atoms with Gasteiger partial charge in [-0.2, -0.15) is 13.2 Å². The maximum absolute atomic E-state index is 13.0. The highest BCUT2D eigenvalue weighted by Gasteiger charge is 2.35. The van der Waals surface area contributed by atoms with E-state index >= 15 is 0 Å². The summed E-state index contributed by atoms with van der Waals surface area (Å²) in [6, 6.07) is 5.65. The van der Waals surface area contributed by atoms with Gasteiger partial charge in [-0.15, -0.1) is 0 Å². The molecule has 1 aliphatic heterocycles. The molecule has 23 heavy (non-hydrogen) atoms. The monoisotopic (exact) mass is 324 g/mol. The number of carbonyl (C=O) groups is 1. The predicted molar refractivity (Wildman–Crippen MR) is 76.5 cm³/mol. The Bertz CT molecular complexity index is 737. The molecule has 1 aromatic carbocycles. The van der Waals surface area contributed by atoms with Crippen molar-refractivity contribution < 1.29 is 22.4 Å². The number of hydrogen-bond acceptors (Lipinski definition) is 3. The van der Waals surface area contributed by atoms with Crippen molar-refractivity contribution in [1.29, 1.82) is 0 Å². The lowest BCUT2D eigenvalue weighted by Gasteiger charge is -2.30. The molecule has 2 aromatic rings. The maximum atomic E-state index is 13.0. The van der Waals surface area contributed by atoms with Gasteiger partial charge in [-0.1, -0.05) is 12.1 Å². The van der Waals surface area contributed by atoms with E-state index in [0.717, 1.165) is 6.07 Å². The lowest BCUT2D eigenvalue weighted by molar-refractivity contribution is -0.138. The Labute approximate surface area is 130 Å². The molecule has 2 N–H and O–H groups in total. The van der Waals surface area contributed by atoms with Gasteiger partial charge >= 0.3 is 6.18 Å². The molecule has 0 atom stereocenters. The Morgan fingerprint density at radius 2 is 2.13 bits per heavy atom. The smallest absolute Gasteiger partial charge is 0.416 e. The van der Waals surface area contributed by atoms with Crippen molar-refractivity contribution >= 4 is 5.91 Å². The molecular weight excluding hydrogens is 309 g/mol. The lowest BCUT2D eigenvalue weighted by atomic mass is 9.94. The molecule has 0 unspecified atom stereocenters. The topological polar surface area (TPSA) is 59.5 Å². The standard InChI is InChI=1S/C16H15F3N2O2/c17-16(18,19)14-3-1-2-10-8-21(5-4-13(10)14)15(22)11-6-12(7-20)23-9-11/h1-3,6,9H,4-5,7-8,20H2. The summed E-state index contributed by atoms with van der Waals surface area (Å²) in [5, 5.41) is 0. The highest BCUT2D eigenvalue weighted by molar-refractivity contribution is 5.94. The summed E-state index contributed by atoms with van der Waals surface area (Å²) in [4.78, 5) is 13.9. The van der Waals surface area contributed by atoms with Crippen LogP contribution in [0.3, 0.4) is 0 Å². The zero-order valence-electron chi connectivity index (χ0n) is 12.2. The molecule has 0 saturated heterocycles. The fourth-order valence-electron chi connectivity index (χ4n) is 2.83. The number of rotatable bonds is 2. The molecule has 0 fully saturated rings. The zero-order valence-corrected chi connectivity index (χ0v) is 12.2. The summed E-state index contributed by atoms with van der Waals surface area (Å²) in [6.45, 7) is 0.578. The largest absolute Gasteiger partial charge is 0.467 e. The van der Waals surface area contributed by atoms with Crippen molar-refractivity contribution in [2.75, 3.05) is 6.54 Å². The van der Waals surface area contributed by atoms with Crippen LogP contribution in [0.5, 0.6) is 0 Å². The van der Waals surface area contributed by atoms with Crippen LogP contribution in [0, 0.1) is 0 Å². The number of benzene rings is 1. The molecule has 4 nitrogen and oxygen atoms in total. The van der Waals surface area contributed by atoms with Crippen LogP contribution < -0.4 is 5.73 Å². The molecule has 122 valence electrons. The fourth-order valence-corrected chi connectivity index (χ4v) is 2.83. The van der Waals surface area contributed by atoms with Gasteiger partial charge in [0.2, 0.25) is 0 Å². The van der Waals surface area contributed by atoms with E-state index in [1.54, 1.807) is 12.1 Å². The number of halogens is 3. The highest BCUT2D eigenvalue weighted by atomic mass is 19.4. The van der Waals surface area contributed by atoms with Crippen molar-refractivity contribution in [2.24, 2.45) is 5.73 Å². The molecule has 0 aliphatic carbocycles. The number of fused-ring (bicyclic) bond motifs is 1. The van der Waals surface area contributed by atoms with Crippen LogP contribution in [0.15, 0.2) is 34.9 Å². The molecule has 1 aliphatic rings. The predicted octanol–water partition coefficient (Wildman–Crippen LogP) is 2.96. The van der Waals surface area contributed by atoms with Gasteiger partial charge in [-0.3, -0.25) is 4.79 Å². The number of furan rings is 1. The second kappa shape index (κ2) is 5.73. The molecule has 0 saturated carbocycles. The molecule has 7 heteroatoms. The van der Waals surface area contributed by atoms with Gasteiger partial charge in [0.25, 0.3) is 5.91 Å². The first-order valence-electron chi connectivity index (χ1n) is 7.15. The van der Waals surface area contributed by atoms with E-state index < -0.39 is 11.7 Å². The van der Waals surface area contributed by atoms with E-state index in [1.807, 2.05) is 0 Å². The Morgan fingerprint density at radius 3 is 2.78 bits per heavy atom. The van der Waals surface area contributed by atoms with Crippen LogP contribution in [-0.4, -0.2) is 17.4 Å². The van der Waals surface area contributed by atoms with Gasteiger partial charge in [-0.05, 0) is 29.7 Å². The number of nitrogens with two attached hydrogens (primary N) is 1. The Kier molecular flexibility index (Phi) is 3.89. The summed E-state index contributed by atoms with van der Waals surface area (Å²) in [6.07, 6.45) is -2.87. The molecule has 2 heterocycles. The summed E-state index contributed by atoms with van der Waals surface area (Å²) >= 11 is 0. The van der Waals surface area contributed by atoms with Gasteiger partial charge < -0.3 is 15.1 Å². The lowest BCUT2D eigenvalue weighted by Crippen LogP contribution is -2.36. The number of carbonyl (C=O) groups excluding carboxylic acids is 1. The van der Waals surface area contributed by atoms with Gasteiger partial charge in [0.05, 0.1) is 17.7 Å². The average molecular weight is 324 g/mol. The SMILES string of the molecule is NCc1cc(C(=O)N2CCc3c(cccc3C(F)(F)F)C2)co1. The van der Waals surface area contributed by atoms with Gasteiger partial charge in [0.1, 0.15) is 12.0 Å². The maximum Gasteiger partial charge on any atom is 0.416 e. The third-order valence-electron chi connectivity index (χ3n) is 3.96. The van der Waals surface area contributed by atoms with E-state index in [1.165, 1.54) is 17.2 Å². The first-order valence-corrected chi connectivity index (χ1v) is 7.15. The molecular formula is C16H15F3N2O2. The van der Waals surface area contributed by atoms with Crippen molar-refractivity contribution in [3.8, 4) is 0 Å². The minimum absolute atomic E-state index is 0.154. The van der Waals surface area contributed by atoms with E-state index in [9.17, 15) is 18.0 Å². The first kappa shape index (κ1) is 15.6.